The van der Waals surface area contributed by atoms with Crippen LogP contribution in [0.1, 0.15) is 0 Å². The summed E-state index contributed by atoms with van der Waals surface area (Å²) in [5.41, 5.74) is 1.74. The van der Waals surface area contributed by atoms with Gasteiger partial charge in [0.25, 0.3) is 0 Å². The fourth-order valence-electron chi connectivity index (χ4n) is 1.10. The lowest BCUT2D eigenvalue weighted by Crippen LogP contribution is -1.92. The Balaban J connectivity index is 2.34. The number of nitrogens with zero attached hydrogens (tertiary/aromatic N) is 3. The highest BCUT2D eigenvalue weighted by molar-refractivity contribution is 5.56. The van der Waals surface area contributed by atoms with E-state index in [1.54, 1.807) is 25.6 Å². The first kappa shape index (κ1) is 8.62. The Hall–Kier alpha value is -1.97. The molecule has 2 aromatic rings. The lowest BCUT2D eigenvalue weighted by Gasteiger charge is -1.99. The number of hydrogen-bond donors (Lipinski definition) is 0. The molecule has 0 N–H and O–H groups in total. The van der Waals surface area contributed by atoms with Crippen LogP contribution in [0.4, 0.5) is 0 Å². The molecule has 14 heavy (non-hydrogen) atoms. The molecule has 2 rings (SSSR count). The van der Waals surface area contributed by atoms with Gasteiger partial charge in [0.05, 0.1) is 12.8 Å². The number of rotatable bonds is 2. The summed E-state index contributed by atoms with van der Waals surface area (Å²) < 4.78 is 4.92. The number of aromatic nitrogens is 3. The van der Waals surface area contributed by atoms with Crippen molar-refractivity contribution in [1.29, 1.82) is 0 Å². The summed E-state index contributed by atoms with van der Waals surface area (Å²) in [7, 11) is 1.56. The van der Waals surface area contributed by atoms with Crippen molar-refractivity contribution in [3.63, 3.8) is 0 Å². The summed E-state index contributed by atoms with van der Waals surface area (Å²) in [5.74, 6) is 0.512. The van der Waals surface area contributed by atoms with Crippen molar-refractivity contribution in [3.8, 4) is 17.1 Å². The van der Waals surface area contributed by atoms with Gasteiger partial charge in [-0.1, -0.05) is 0 Å². The zero-order chi connectivity index (χ0) is 9.80. The maximum atomic E-state index is 4.92. The summed E-state index contributed by atoms with van der Waals surface area (Å²) in [6, 6.07) is 7.42. The van der Waals surface area contributed by atoms with E-state index >= 15 is 0 Å². The molecule has 0 aliphatic heterocycles. The second-order valence-electron chi connectivity index (χ2n) is 2.70. The Kier molecular flexibility index (Phi) is 2.36. The molecule has 0 spiro atoms. The van der Waals surface area contributed by atoms with Gasteiger partial charge in [-0.3, -0.25) is 4.98 Å². The fraction of sp³-hybridized carbons (Fsp3) is 0.100. The highest BCUT2D eigenvalue weighted by Gasteiger charge is 1.99. The molecular weight excluding hydrogens is 178 g/mol. The summed E-state index contributed by atoms with van der Waals surface area (Å²) in [5, 5.41) is 7.88. The second-order valence-corrected chi connectivity index (χ2v) is 2.70. The number of ether oxygens (including phenoxy) is 1. The quantitative estimate of drug-likeness (QED) is 0.715. The smallest absolute Gasteiger partial charge is 0.233 e. The van der Waals surface area contributed by atoms with Gasteiger partial charge in [0.1, 0.15) is 0 Å². The Bertz CT molecular complexity index is 399. The Labute approximate surface area is 81.6 Å². The highest BCUT2D eigenvalue weighted by Crippen LogP contribution is 2.15. The van der Waals surface area contributed by atoms with Gasteiger partial charge in [0.2, 0.25) is 5.88 Å². The van der Waals surface area contributed by atoms with Gasteiger partial charge < -0.3 is 4.74 Å². The summed E-state index contributed by atoms with van der Waals surface area (Å²) in [4.78, 5) is 4.00. The van der Waals surface area contributed by atoms with Crippen molar-refractivity contribution < 1.29 is 4.74 Å². The van der Waals surface area contributed by atoms with Crippen molar-refractivity contribution in [2.45, 2.75) is 0 Å². The molecule has 2 heterocycles. The molecule has 0 aliphatic carbocycles. The predicted molar refractivity (Wildman–Crippen MR) is 51.8 cm³/mol. The number of methoxy groups -OCH3 is 1. The third-order valence-electron chi connectivity index (χ3n) is 1.81. The topological polar surface area (TPSA) is 47.9 Å². The van der Waals surface area contributed by atoms with Gasteiger partial charge in [0.15, 0.2) is 0 Å². The van der Waals surface area contributed by atoms with Crippen molar-refractivity contribution in [3.05, 3.63) is 36.7 Å². The van der Waals surface area contributed by atoms with Crippen LogP contribution < -0.4 is 4.74 Å². The maximum absolute atomic E-state index is 4.92. The lowest BCUT2D eigenvalue weighted by atomic mass is 10.2. The van der Waals surface area contributed by atoms with Gasteiger partial charge in [-0.2, -0.15) is 0 Å². The third kappa shape index (κ3) is 1.69. The first-order valence-corrected chi connectivity index (χ1v) is 4.18. The van der Waals surface area contributed by atoms with Crippen LogP contribution in [0.5, 0.6) is 5.88 Å². The first-order chi connectivity index (χ1) is 6.90. The average Bonchev–Trinajstić information content (AvgIpc) is 2.30. The molecule has 0 bridgehead atoms. The van der Waals surface area contributed by atoms with Crippen LogP contribution >= 0.6 is 0 Å². The minimum Gasteiger partial charge on any atom is -0.480 e. The molecule has 0 aliphatic rings. The molecule has 4 nitrogen and oxygen atoms in total. The Morgan fingerprint density at radius 2 is 2.07 bits per heavy atom. The van der Waals surface area contributed by atoms with Gasteiger partial charge in [-0.05, 0) is 18.2 Å². The van der Waals surface area contributed by atoms with Crippen molar-refractivity contribution in [1.82, 2.24) is 15.2 Å². The normalized spacial score (nSPS) is 9.79. The van der Waals surface area contributed by atoms with Crippen LogP contribution in [0.2, 0.25) is 0 Å². The van der Waals surface area contributed by atoms with E-state index in [0.29, 0.717) is 5.88 Å². The van der Waals surface area contributed by atoms with E-state index in [1.807, 2.05) is 18.2 Å². The number of pyridine rings is 1. The molecule has 0 saturated carbocycles. The summed E-state index contributed by atoms with van der Waals surface area (Å²) in [6.07, 6.45) is 3.47. The molecule has 0 saturated heterocycles. The molecule has 0 unspecified atom stereocenters. The first-order valence-electron chi connectivity index (χ1n) is 4.18. The molecule has 0 aromatic carbocycles. The lowest BCUT2D eigenvalue weighted by molar-refractivity contribution is 0.392. The summed E-state index contributed by atoms with van der Waals surface area (Å²) in [6.45, 7) is 0. The van der Waals surface area contributed by atoms with Crippen LogP contribution in [0.25, 0.3) is 11.3 Å². The maximum Gasteiger partial charge on any atom is 0.233 e. The minimum atomic E-state index is 0.512. The van der Waals surface area contributed by atoms with E-state index in [-0.39, 0.29) is 0 Å². The standard InChI is InChI=1S/C10H9N3O/c1-14-10-5-4-9(12-13-10)8-3-2-6-11-7-8/h2-7H,1H3. The van der Waals surface area contributed by atoms with Crippen LogP contribution in [0.3, 0.4) is 0 Å². The van der Waals surface area contributed by atoms with Gasteiger partial charge in [-0.25, -0.2) is 0 Å². The Morgan fingerprint density at radius 3 is 2.64 bits per heavy atom. The monoisotopic (exact) mass is 187 g/mol. The molecular formula is C10H9N3O. The molecule has 4 heteroatoms. The van der Waals surface area contributed by atoms with E-state index in [4.69, 9.17) is 4.74 Å². The summed E-state index contributed by atoms with van der Waals surface area (Å²) >= 11 is 0. The van der Waals surface area contributed by atoms with Crippen LogP contribution in [-0.4, -0.2) is 22.3 Å². The molecule has 0 amide bonds. The van der Waals surface area contributed by atoms with Crippen LogP contribution in [-0.2, 0) is 0 Å². The van der Waals surface area contributed by atoms with E-state index in [9.17, 15) is 0 Å². The van der Waals surface area contributed by atoms with Gasteiger partial charge in [-0.15, -0.1) is 10.2 Å². The van der Waals surface area contributed by atoms with Gasteiger partial charge in [0, 0.05) is 24.0 Å². The minimum absolute atomic E-state index is 0.512. The molecule has 0 atom stereocenters. The highest BCUT2D eigenvalue weighted by atomic mass is 16.5. The van der Waals surface area contributed by atoms with Crippen molar-refractivity contribution in [2.75, 3.05) is 7.11 Å². The van der Waals surface area contributed by atoms with E-state index in [2.05, 4.69) is 15.2 Å². The van der Waals surface area contributed by atoms with Crippen molar-refractivity contribution >= 4 is 0 Å². The molecule has 70 valence electrons. The predicted octanol–water partition coefficient (Wildman–Crippen LogP) is 1.55. The second kappa shape index (κ2) is 3.83. The van der Waals surface area contributed by atoms with Crippen molar-refractivity contribution in [2.24, 2.45) is 0 Å². The van der Waals surface area contributed by atoms with Gasteiger partial charge >= 0.3 is 0 Å². The molecule has 2 aromatic heterocycles. The van der Waals surface area contributed by atoms with Crippen LogP contribution in [0, 0.1) is 0 Å². The Morgan fingerprint density at radius 1 is 1.14 bits per heavy atom. The zero-order valence-electron chi connectivity index (χ0n) is 7.71. The fourth-order valence-corrected chi connectivity index (χ4v) is 1.10. The van der Waals surface area contributed by atoms with E-state index in [0.717, 1.165) is 11.3 Å². The SMILES string of the molecule is COc1ccc(-c2cccnc2)nn1. The van der Waals surface area contributed by atoms with E-state index in [1.165, 1.54) is 0 Å². The van der Waals surface area contributed by atoms with E-state index < -0.39 is 0 Å². The largest absolute Gasteiger partial charge is 0.480 e. The third-order valence-corrected chi connectivity index (χ3v) is 1.81. The number of hydrogen-bond acceptors (Lipinski definition) is 4. The zero-order valence-corrected chi connectivity index (χ0v) is 7.71. The van der Waals surface area contributed by atoms with Crippen LogP contribution in [0.15, 0.2) is 36.7 Å². The molecule has 0 fully saturated rings. The average molecular weight is 187 g/mol. The molecule has 0 radical (unpaired) electrons.